The molecule has 4 aromatic rings. The Morgan fingerprint density at radius 2 is 1.84 bits per heavy atom. The van der Waals surface area contributed by atoms with Crippen LogP contribution >= 0.6 is 22.7 Å². The third-order valence-electron chi connectivity index (χ3n) is 4.29. The maximum atomic E-state index is 11.1. The number of nitrogens with one attached hydrogen (secondary N) is 1. The van der Waals surface area contributed by atoms with E-state index in [2.05, 4.69) is 15.5 Å². The van der Waals surface area contributed by atoms with E-state index in [1.807, 2.05) is 42.6 Å². The van der Waals surface area contributed by atoms with Crippen molar-refractivity contribution in [1.29, 1.82) is 0 Å². The Morgan fingerprint density at radius 3 is 2.48 bits per heavy atom. The highest BCUT2D eigenvalue weighted by atomic mass is 32.2. The molecule has 0 saturated heterocycles. The number of benzene rings is 2. The Kier molecular flexibility index (Phi) is 6.28. The standard InChI is InChI=1S/C20H19N5O3S3/c1-13-24-25-20(30-13)23-17(11-14-7-9-16(10-8-14)28-31(21,26)27)19-22-18(12-29-19)15-5-3-2-4-6-15/h2-10,12,17H,11H2,1H3,(H,23,25)(H2,21,26,27). The van der Waals surface area contributed by atoms with E-state index in [0.717, 1.165) is 26.8 Å². The van der Waals surface area contributed by atoms with Crippen LogP contribution in [0.5, 0.6) is 5.75 Å². The summed E-state index contributed by atoms with van der Waals surface area (Å²) in [7, 11) is -4.05. The molecular weight excluding hydrogens is 454 g/mol. The van der Waals surface area contributed by atoms with Gasteiger partial charge in [0.2, 0.25) is 5.13 Å². The first-order valence-corrected chi connectivity index (χ1v) is 12.4. The summed E-state index contributed by atoms with van der Waals surface area (Å²) in [6.07, 6.45) is 0.607. The third-order valence-corrected chi connectivity index (χ3v) is 6.44. The Hall–Kier alpha value is -2.86. The predicted octanol–water partition coefficient (Wildman–Crippen LogP) is 3.95. The molecule has 0 aliphatic carbocycles. The van der Waals surface area contributed by atoms with Crippen LogP contribution in [0.3, 0.4) is 0 Å². The smallest absolute Gasteiger partial charge is 0.371 e. The molecular formula is C20H19N5O3S3. The number of aromatic nitrogens is 3. The zero-order chi connectivity index (χ0) is 21.8. The second-order valence-electron chi connectivity index (χ2n) is 6.68. The van der Waals surface area contributed by atoms with E-state index >= 15 is 0 Å². The van der Waals surface area contributed by atoms with Crippen molar-refractivity contribution in [2.24, 2.45) is 5.14 Å². The highest BCUT2D eigenvalue weighted by molar-refractivity contribution is 7.84. The summed E-state index contributed by atoms with van der Waals surface area (Å²) in [5.41, 5.74) is 2.94. The summed E-state index contributed by atoms with van der Waals surface area (Å²) in [5.74, 6) is 0.163. The summed E-state index contributed by atoms with van der Waals surface area (Å²) < 4.78 is 26.9. The minimum absolute atomic E-state index is 0.139. The first kappa shape index (κ1) is 21.4. The maximum absolute atomic E-state index is 11.1. The van der Waals surface area contributed by atoms with Crippen molar-refractivity contribution in [2.45, 2.75) is 19.4 Å². The van der Waals surface area contributed by atoms with Crippen molar-refractivity contribution in [3.63, 3.8) is 0 Å². The van der Waals surface area contributed by atoms with Crippen molar-refractivity contribution in [1.82, 2.24) is 15.2 Å². The monoisotopic (exact) mass is 473 g/mol. The van der Waals surface area contributed by atoms with Crippen molar-refractivity contribution >= 4 is 38.1 Å². The van der Waals surface area contributed by atoms with Crippen LogP contribution in [0.2, 0.25) is 0 Å². The van der Waals surface area contributed by atoms with Gasteiger partial charge in [0.25, 0.3) is 0 Å². The topological polar surface area (TPSA) is 120 Å². The minimum atomic E-state index is -4.05. The second-order valence-corrected chi connectivity index (χ2v) is 9.91. The largest absolute Gasteiger partial charge is 0.380 e. The van der Waals surface area contributed by atoms with E-state index in [1.165, 1.54) is 11.3 Å². The van der Waals surface area contributed by atoms with Gasteiger partial charge in [0, 0.05) is 10.9 Å². The molecule has 31 heavy (non-hydrogen) atoms. The summed E-state index contributed by atoms with van der Waals surface area (Å²) in [5, 5.41) is 21.1. The van der Waals surface area contributed by atoms with Crippen LogP contribution in [0.25, 0.3) is 11.3 Å². The molecule has 11 heteroatoms. The number of thiazole rings is 1. The van der Waals surface area contributed by atoms with Crippen molar-refractivity contribution in [2.75, 3.05) is 5.32 Å². The number of rotatable bonds is 8. The van der Waals surface area contributed by atoms with Gasteiger partial charge >= 0.3 is 10.3 Å². The van der Waals surface area contributed by atoms with Gasteiger partial charge in [0.15, 0.2) is 0 Å². The molecule has 0 fully saturated rings. The quantitative estimate of drug-likeness (QED) is 0.397. The van der Waals surface area contributed by atoms with E-state index in [1.54, 1.807) is 35.6 Å². The molecule has 2 heterocycles. The molecule has 160 valence electrons. The molecule has 0 saturated carbocycles. The molecule has 0 spiro atoms. The first-order valence-electron chi connectivity index (χ1n) is 9.24. The number of nitrogens with two attached hydrogens (primary N) is 1. The molecule has 2 aromatic heterocycles. The average molecular weight is 474 g/mol. The van der Waals surface area contributed by atoms with Crippen molar-refractivity contribution in [3.8, 4) is 17.0 Å². The highest BCUT2D eigenvalue weighted by Gasteiger charge is 2.19. The lowest BCUT2D eigenvalue weighted by molar-refractivity contribution is 0.487. The lowest BCUT2D eigenvalue weighted by atomic mass is 10.1. The number of hydrogen-bond acceptors (Lipinski definition) is 9. The Bertz CT molecular complexity index is 1250. The first-order chi connectivity index (χ1) is 14.9. The molecule has 3 N–H and O–H groups in total. The molecule has 0 aliphatic rings. The van der Waals surface area contributed by atoms with Gasteiger partial charge in [-0.25, -0.2) is 4.98 Å². The molecule has 0 bridgehead atoms. The number of aryl methyl sites for hydroxylation is 1. The fourth-order valence-electron chi connectivity index (χ4n) is 2.94. The van der Waals surface area contributed by atoms with Gasteiger partial charge in [0.05, 0.1) is 11.7 Å². The fourth-order valence-corrected chi connectivity index (χ4v) is 4.85. The van der Waals surface area contributed by atoms with Crippen LogP contribution in [0, 0.1) is 6.92 Å². The molecule has 0 amide bonds. The van der Waals surface area contributed by atoms with Gasteiger partial charge in [-0.05, 0) is 31.0 Å². The highest BCUT2D eigenvalue weighted by Crippen LogP contribution is 2.31. The Labute approximate surface area is 188 Å². The zero-order valence-corrected chi connectivity index (χ0v) is 18.9. The summed E-state index contributed by atoms with van der Waals surface area (Å²) in [6.45, 7) is 1.90. The summed E-state index contributed by atoms with van der Waals surface area (Å²) >= 11 is 3.05. The Balaban J connectivity index is 1.58. The molecule has 8 nitrogen and oxygen atoms in total. The predicted molar refractivity (Wildman–Crippen MR) is 122 cm³/mol. The summed E-state index contributed by atoms with van der Waals surface area (Å²) in [6, 6.07) is 16.6. The molecule has 1 unspecified atom stereocenters. The van der Waals surface area contributed by atoms with Crippen LogP contribution in [0.15, 0.2) is 60.0 Å². The number of nitrogens with zero attached hydrogens (tertiary/aromatic N) is 3. The van der Waals surface area contributed by atoms with Gasteiger partial charge in [-0.15, -0.1) is 21.5 Å². The fraction of sp³-hybridized carbons (Fsp3) is 0.150. The summed E-state index contributed by atoms with van der Waals surface area (Å²) in [4.78, 5) is 4.84. The van der Waals surface area contributed by atoms with Crippen LogP contribution in [0.4, 0.5) is 5.13 Å². The minimum Gasteiger partial charge on any atom is -0.371 e. The molecule has 0 radical (unpaired) electrons. The zero-order valence-electron chi connectivity index (χ0n) is 16.4. The molecule has 1 atom stereocenters. The van der Waals surface area contributed by atoms with Gasteiger partial charge in [0.1, 0.15) is 15.8 Å². The van der Waals surface area contributed by atoms with Gasteiger partial charge in [-0.1, -0.05) is 53.8 Å². The lowest BCUT2D eigenvalue weighted by Gasteiger charge is -2.16. The lowest BCUT2D eigenvalue weighted by Crippen LogP contribution is -2.19. The third kappa shape index (κ3) is 5.85. The molecule has 0 aliphatic heterocycles. The van der Waals surface area contributed by atoms with E-state index in [-0.39, 0.29) is 11.8 Å². The van der Waals surface area contributed by atoms with E-state index in [4.69, 9.17) is 14.3 Å². The maximum Gasteiger partial charge on any atom is 0.380 e. The molecule has 4 rings (SSSR count). The number of anilines is 1. The van der Waals surface area contributed by atoms with Crippen LogP contribution in [0.1, 0.15) is 21.6 Å². The number of hydrogen-bond donors (Lipinski definition) is 2. The van der Waals surface area contributed by atoms with E-state index in [9.17, 15) is 8.42 Å². The Morgan fingerprint density at radius 1 is 1.10 bits per heavy atom. The SMILES string of the molecule is Cc1nnc(NC(Cc2ccc(OS(N)(=O)=O)cc2)c2nc(-c3ccccc3)cs2)s1. The van der Waals surface area contributed by atoms with Gasteiger partial charge < -0.3 is 9.50 Å². The van der Waals surface area contributed by atoms with Crippen LogP contribution < -0.4 is 14.6 Å². The normalized spacial score (nSPS) is 12.5. The van der Waals surface area contributed by atoms with Crippen LogP contribution in [-0.4, -0.2) is 23.6 Å². The van der Waals surface area contributed by atoms with E-state index < -0.39 is 10.3 Å². The second kappa shape index (κ2) is 9.10. The van der Waals surface area contributed by atoms with Crippen molar-refractivity contribution in [3.05, 3.63) is 75.6 Å². The van der Waals surface area contributed by atoms with Crippen LogP contribution in [-0.2, 0) is 16.7 Å². The molecule has 2 aromatic carbocycles. The van der Waals surface area contributed by atoms with Gasteiger partial charge in [-0.2, -0.15) is 13.6 Å². The van der Waals surface area contributed by atoms with Gasteiger partial charge in [-0.3, -0.25) is 0 Å². The average Bonchev–Trinajstić information content (AvgIpc) is 3.38. The van der Waals surface area contributed by atoms with Crippen molar-refractivity contribution < 1.29 is 12.6 Å². The van der Waals surface area contributed by atoms with E-state index in [0.29, 0.717) is 11.6 Å².